The van der Waals surface area contributed by atoms with Crippen molar-refractivity contribution in [3.05, 3.63) is 101 Å². The van der Waals surface area contributed by atoms with Gasteiger partial charge in [-0.15, -0.1) is 0 Å². The molecule has 3 aromatic carbocycles. The molecule has 0 saturated carbocycles. The average molecular weight is 527 g/mol. The Bertz CT molecular complexity index is 1500. The second-order valence-corrected chi connectivity index (χ2v) is 9.32. The Morgan fingerprint density at radius 2 is 1.53 bits per heavy atom. The van der Waals surface area contributed by atoms with Crippen molar-refractivity contribution in [3.8, 4) is 0 Å². The minimum absolute atomic E-state index is 0.0979. The maximum Gasteiger partial charge on any atom is 0.361 e. The zero-order valence-corrected chi connectivity index (χ0v) is 21.5. The fraction of sp³-hybridized carbons (Fsp3) is 0.179. The summed E-state index contributed by atoms with van der Waals surface area (Å²) in [6.07, 6.45) is 1.18. The number of hydrogen-bond acceptors (Lipinski definition) is 5. The smallest absolute Gasteiger partial charge is 0.356 e. The van der Waals surface area contributed by atoms with Gasteiger partial charge in [-0.25, -0.2) is 10.2 Å². The molecule has 0 radical (unpaired) electrons. The van der Waals surface area contributed by atoms with Crippen LogP contribution in [0.4, 0.5) is 4.79 Å². The summed E-state index contributed by atoms with van der Waals surface area (Å²) in [6, 6.07) is 23.1. The zero-order valence-electron chi connectivity index (χ0n) is 20.7. The molecule has 1 aromatic heterocycles. The molecule has 3 amide bonds. The third-order valence-corrected chi connectivity index (χ3v) is 6.64. The molecule has 38 heavy (non-hydrogen) atoms. The number of para-hydroxylation sites is 1. The van der Waals surface area contributed by atoms with E-state index in [2.05, 4.69) is 21.3 Å². The van der Waals surface area contributed by atoms with Gasteiger partial charge in [-0.05, 0) is 48.8 Å². The van der Waals surface area contributed by atoms with Gasteiger partial charge < -0.3 is 5.32 Å². The topological polar surface area (TPSA) is 108 Å². The summed E-state index contributed by atoms with van der Waals surface area (Å²) >= 11 is 5.45. The van der Waals surface area contributed by atoms with E-state index in [9.17, 15) is 14.4 Å². The number of carbonyl (C=O) groups excluding carboxylic acids is 3. The van der Waals surface area contributed by atoms with Gasteiger partial charge >= 0.3 is 6.03 Å². The highest BCUT2D eigenvalue weighted by Crippen LogP contribution is 2.23. The molecule has 9 nitrogen and oxygen atoms in total. The van der Waals surface area contributed by atoms with E-state index in [0.717, 1.165) is 16.6 Å². The fourth-order valence-corrected chi connectivity index (χ4v) is 4.83. The molecule has 1 atom stereocenters. The molecule has 1 aliphatic rings. The van der Waals surface area contributed by atoms with Crippen LogP contribution in [0.1, 0.15) is 38.9 Å². The van der Waals surface area contributed by atoms with Gasteiger partial charge in [-0.3, -0.25) is 19.9 Å². The number of rotatable bonds is 6. The maximum atomic E-state index is 12.9. The second-order valence-electron chi connectivity index (χ2n) is 8.91. The summed E-state index contributed by atoms with van der Waals surface area (Å²) < 4.78 is 1.30. The molecule has 4 aromatic rings. The number of hydrazine groups is 1. The number of thiocarbonyl (C=S) groups is 1. The molecule has 0 spiro atoms. The molecule has 192 valence electrons. The predicted molar refractivity (Wildman–Crippen MR) is 148 cm³/mol. The van der Waals surface area contributed by atoms with E-state index >= 15 is 0 Å². The van der Waals surface area contributed by atoms with Crippen molar-refractivity contribution in [1.29, 1.82) is 0 Å². The first-order valence-electron chi connectivity index (χ1n) is 12.3. The number of aryl methyl sites for hydroxylation is 1. The Hall–Kier alpha value is -4.57. The first kappa shape index (κ1) is 25.1. The monoisotopic (exact) mass is 526 g/mol. The van der Waals surface area contributed by atoms with Crippen molar-refractivity contribution in [2.75, 3.05) is 6.54 Å². The van der Waals surface area contributed by atoms with Crippen LogP contribution >= 0.6 is 12.2 Å². The van der Waals surface area contributed by atoms with Crippen molar-refractivity contribution in [3.63, 3.8) is 0 Å². The molecular formula is C28H26N6O3S. The van der Waals surface area contributed by atoms with E-state index in [4.69, 9.17) is 12.2 Å². The van der Waals surface area contributed by atoms with E-state index < -0.39 is 12.1 Å². The Kier molecular flexibility index (Phi) is 7.14. The first-order valence-corrected chi connectivity index (χ1v) is 12.7. The largest absolute Gasteiger partial charge is 0.361 e. The van der Waals surface area contributed by atoms with Crippen LogP contribution in [0.25, 0.3) is 10.9 Å². The van der Waals surface area contributed by atoms with Crippen molar-refractivity contribution in [2.24, 2.45) is 0 Å². The Labute approximate surface area is 224 Å². The summed E-state index contributed by atoms with van der Waals surface area (Å²) in [5, 5.41) is 8.63. The quantitative estimate of drug-likeness (QED) is 0.201. The third kappa shape index (κ3) is 4.98. The molecule has 0 saturated heterocycles. The zero-order chi connectivity index (χ0) is 26.6. The van der Waals surface area contributed by atoms with Crippen LogP contribution in [-0.2, 0) is 12.8 Å². The molecule has 0 bridgehead atoms. The van der Waals surface area contributed by atoms with E-state index in [1.54, 1.807) is 24.3 Å². The van der Waals surface area contributed by atoms with Crippen LogP contribution in [0.3, 0.4) is 0 Å². The molecule has 0 unspecified atom stereocenters. The average Bonchev–Trinajstić information content (AvgIpc) is 3.43. The lowest BCUT2D eigenvalue weighted by molar-refractivity contribution is 0.0641. The lowest BCUT2D eigenvalue weighted by atomic mass is 10.1. The number of carbonyl (C=O) groups is 3. The number of amides is 3. The molecule has 3 N–H and O–H groups in total. The second kappa shape index (κ2) is 10.8. The molecule has 1 aliphatic heterocycles. The lowest BCUT2D eigenvalue weighted by Gasteiger charge is -2.25. The fourth-order valence-electron chi connectivity index (χ4n) is 4.62. The van der Waals surface area contributed by atoms with E-state index in [1.807, 2.05) is 61.5 Å². The SMILES string of the molecule is CCc1nn(C(=O)NNC(=S)N[C@H](Cc2ccccc2)CN2C(=O)c3ccccc3C2=O)c2ccccc12. The van der Waals surface area contributed by atoms with Crippen LogP contribution < -0.4 is 16.2 Å². The summed E-state index contributed by atoms with van der Waals surface area (Å²) in [4.78, 5) is 40.0. The minimum Gasteiger partial charge on any atom is -0.356 e. The summed E-state index contributed by atoms with van der Waals surface area (Å²) in [6.45, 7) is 2.08. The van der Waals surface area contributed by atoms with E-state index in [-0.39, 0.29) is 23.5 Å². The number of nitrogens with zero attached hydrogens (tertiary/aromatic N) is 3. The highest BCUT2D eigenvalue weighted by atomic mass is 32.1. The lowest BCUT2D eigenvalue weighted by Crippen LogP contribution is -2.54. The van der Waals surface area contributed by atoms with Crippen LogP contribution in [0.2, 0.25) is 0 Å². The number of imide groups is 1. The van der Waals surface area contributed by atoms with Gasteiger partial charge in [-0.2, -0.15) is 9.78 Å². The maximum absolute atomic E-state index is 12.9. The number of hydrogen-bond donors (Lipinski definition) is 3. The molecule has 5 rings (SSSR count). The summed E-state index contributed by atoms with van der Waals surface area (Å²) in [5.41, 5.74) is 8.60. The van der Waals surface area contributed by atoms with Crippen molar-refractivity contribution < 1.29 is 14.4 Å². The van der Waals surface area contributed by atoms with Crippen LogP contribution in [-0.4, -0.2) is 50.2 Å². The normalized spacial score (nSPS) is 13.3. The van der Waals surface area contributed by atoms with Gasteiger partial charge in [0, 0.05) is 11.9 Å². The van der Waals surface area contributed by atoms with Crippen LogP contribution in [0, 0.1) is 0 Å². The predicted octanol–water partition coefficient (Wildman–Crippen LogP) is 3.44. The molecular weight excluding hydrogens is 500 g/mol. The Morgan fingerprint density at radius 1 is 0.895 bits per heavy atom. The van der Waals surface area contributed by atoms with Gasteiger partial charge in [0.15, 0.2) is 5.11 Å². The van der Waals surface area contributed by atoms with Gasteiger partial charge in [-0.1, -0.05) is 67.6 Å². The van der Waals surface area contributed by atoms with Gasteiger partial charge in [0.2, 0.25) is 0 Å². The number of benzene rings is 3. The highest BCUT2D eigenvalue weighted by Gasteiger charge is 2.36. The van der Waals surface area contributed by atoms with Crippen LogP contribution in [0.15, 0.2) is 78.9 Å². The van der Waals surface area contributed by atoms with Gasteiger partial charge in [0.05, 0.1) is 28.4 Å². The van der Waals surface area contributed by atoms with Gasteiger partial charge in [0.1, 0.15) is 0 Å². The number of nitrogens with one attached hydrogen (secondary N) is 3. The van der Waals surface area contributed by atoms with Crippen molar-refractivity contribution in [2.45, 2.75) is 25.8 Å². The minimum atomic E-state index is -0.495. The molecule has 0 fully saturated rings. The van der Waals surface area contributed by atoms with E-state index in [0.29, 0.717) is 29.5 Å². The number of fused-ring (bicyclic) bond motifs is 2. The standard InChI is InChI=1S/C28H26N6O3S/c1-2-23-22-14-8-9-15-24(22)34(32-23)28(37)31-30-27(38)29-19(16-18-10-4-3-5-11-18)17-33-25(35)20-12-6-7-13-21(20)26(33)36/h3-15,19H,2,16-17H2,1H3,(H,31,37)(H2,29,30,38)/t19-/m1/s1. The van der Waals surface area contributed by atoms with Crippen LogP contribution in [0.5, 0.6) is 0 Å². The molecule has 2 heterocycles. The first-order chi connectivity index (χ1) is 18.5. The molecule has 0 aliphatic carbocycles. The molecule has 10 heteroatoms. The number of aromatic nitrogens is 2. The Morgan fingerprint density at radius 3 is 2.21 bits per heavy atom. The van der Waals surface area contributed by atoms with Crippen molar-refractivity contribution in [1.82, 2.24) is 30.8 Å². The summed E-state index contributed by atoms with van der Waals surface area (Å²) in [7, 11) is 0. The highest BCUT2D eigenvalue weighted by molar-refractivity contribution is 7.80. The third-order valence-electron chi connectivity index (χ3n) is 6.42. The van der Waals surface area contributed by atoms with Crippen molar-refractivity contribution >= 4 is 46.1 Å². The van der Waals surface area contributed by atoms with Gasteiger partial charge in [0.25, 0.3) is 11.8 Å². The van der Waals surface area contributed by atoms with E-state index in [1.165, 1.54) is 9.58 Å². The summed E-state index contributed by atoms with van der Waals surface area (Å²) in [5.74, 6) is -0.676. The Balaban J connectivity index is 1.28.